The van der Waals surface area contributed by atoms with Crippen LogP contribution in [0.25, 0.3) is 0 Å². The van der Waals surface area contributed by atoms with Crippen LogP contribution in [0, 0.1) is 5.82 Å². The van der Waals surface area contributed by atoms with Gasteiger partial charge in [-0.2, -0.15) is 0 Å². The summed E-state index contributed by atoms with van der Waals surface area (Å²) in [5.41, 5.74) is 6.36. The van der Waals surface area contributed by atoms with Gasteiger partial charge in [-0.3, -0.25) is 0 Å². The lowest BCUT2D eigenvalue weighted by molar-refractivity contribution is -0.0171. The fraction of sp³-hybridized carbons (Fsp3) is 0.500. The van der Waals surface area contributed by atoms with E-state index in [1.807, 2.05) is 13.8 Å². The van der Waals surface area contributed by atoms with E-state index in [9.17, 15) is 4.39 Å². The van der Waals surface area contributed by atoms with Gasteiger partial charge in [0.25, 0.3) is 0 Å². The number of rotatable bonds is 5. The maximum absolute atomic E-state index is 12.7. The van der Waals surface area contributed by atoms with Crippen molar-refractivity contribution in [1.82, 2.24) is 0 Å². The Kier molecular flexibility index (Phi) is 4.24. The van der Waals surface area contributed by atoms with E-state index in [4.69, 9.17) is 10.5 Å². The van der Waals surface area contributed by atoms with Crippen LogP contribution in [0.15, 0.2) is 24.3 Å². The Labute approximate surface area is 90.2 Å². The maximum Gasteiger partial charge on any atom is 0.123 e. The summed E-state index contributed by atoms with van der Waals surface area (Å²) >= 11 is 0. The first-order valence-corrected chi connectivity index (χ1v) is 5.18. The van der Waals surface area contributed by atoms with Crippen LogP contribution in [0.4, 0.5) is 4.39 Å². The molecule has 0 spiro atoms. The summed E-state index contributed by atoms with van der Waals surface area (Å²) in [6.45, 7) is 5.01. The van der Waals surface area contributed by atoms with E-state index in [2.05, 4.69) is 0 Å². The smallest absolute Gasteiger partial charge is 0.123 e. The van der Waals surface area contributed by atoms with E-state index >= 15 is 0 Å². The van der Waals surface area contributed by atoms with E-state index in [-0.39, 0.29) is 11.4 Å². The van der Waals surface area contributed by atoms with Crippen molar-refractivity contribution >= 4 is 0 Å². The van der Waals surface area contributed by atoms with Crippen LogP contribution >= 0.6 is 0 Å². The zero-order valence-corrected chi connectivity index (χ0v) is 9.29. The second-order valence-corrected chi connectivity index (χ2v) is 3.89. The largest absolute Gasteiger partial charge is 0.374 e. The Hall–Kier alpha value is -0.930. The number of benzene rings is 1. The molecule has 1 aromatic carbocycles. The molecule has 3 heteroatoms. The summed E-state index contributed by atoms with van der Waals surface area (Å²) in [6, 6.07) is 6.45. The molecule has 0 fully saturated rings. The SMILES string of the molecule is CCOC(C)(CN)Cc1ccc(F)cc1. The maximum atomic E-state index is 12.7. The van der Waals surface area contributed by atoms with Crippen LogP contribution in [0.1, 0.15) is 19.4 Å². The van der Waals surface area contributed by atoms with Crippen LogP contribution < -0.4 is 5.73 Å². The van der Waals surface area contributed by atoms with E-state index in [0.29, 0.717) is 19.6 Å². The highest BCUT2D eigenvalue weighted by molar-refractivity contribution is 5.18. The van der Waals surface area contributed by atoms with Gasteiger partial charge in [0.15, 0.2) is 0 Å². The first-order valence-electron chi connectivity index (χ1n) is 5.18. The second-order valence-electron chi connectivity index (χ2n) is 3.89. The number of nitrogens with two attached hydrogens (primary N) is 1. The molecule has 0 aromatic heterocycles. The highest BCUT2D eigenvalue weighted by Gasteiger charge is 2.22. The highest BCUT2D eigenvalue weighted by atomic mass is 19.1. The van der Waals surface area contributed by atoms with Crippen molar-refractivity contribution in [3.8, 4) is 0 Å². The fourth-order valence-corrected chi connectivity index (χ4v) is 1.56. The van der Waals surface area contributed by atoms with E-state index in [1.54, 1.807) is 12.1 Å². The van der Waals surface area contributed by atoms with E-state index < -0.39 is 0 Å². The molecule has 0 saturated heterocycles. The van der Waals surface area contributed by atoms with E-state index in [1.165, 1.54) is 12.1 Å². The van der Waals surface area contributed by atoms with Gasteiger partial charge in [-0.1, -0.05) is 12.1 Å². The third-order valence-corrected chi connectivity index (χ3v) is 2.42. The minimum Gasteiger partial charge on any atom is -0.374 e. The zero-order valence-electron chi connectivity index (χ0n) is 9.29. The van der Waals surface area contributed by atoms with Crippen LogP contribution in [-0.4, -0.2) is 18.8 Å². The molecule has 0 heterocycles. The predicted octanol–water partition coefficient (Wildman–Crippen LogP) is 2.12. The van der Waals surface area contributed by atoms with Crippen LogP contribution in [0.5, 0.6) is 0 Å². The first-order chi connectivity index (χ1) is 7.09. The van der Waals surface area contributed by atoms with E-state index in [0.717, 1.165) is 5.56 Å². The van der Waals surface area contributed by atoms with Crippen molar-refractivity contribution in [2.45, 2.75) is 25.9 Å². The standard InChI is InChI=1S/C12H18FNO/c1-3-15-12(2,9-14)8-10-4-6-11(13)7-5-10/h4-7H,3,8-9,14H2,1-2H3. The quantitative estimate of drug-likeness (QED) is 0.809. The van der Waals surface area contributed by atoms with Gasteiger partial charge in [0, 0.05) is 19.6 Å². The Morgan fingerprint density at radius 2 is 1.93 bits per heavy atom. The van der Waals surface area contributed by atoms with Gasteiger partial charge < -0.3 is 10.5 Å². The van der Waals surface area contributed by atoms with Crippen LogP contribution in [0.2, 0.25) is 0 Å². The summed E-state index contributed by atoms with van der Waals surface area (Å²) in [4.78, 5) is 0. The summed E-state index contributed by atoms with van der Waals surface area (Å²) in [7, 11) is 0. The summed E-state index contributed by atoms with van der Waals surface area (Å²) in [6.07, 6.45) is 0.706. The molecule has 15 heavy (non-hydrogen) atoms. The molecule has 1 aromatic rings. The predicted molar refractivity (Wildman–Crippen MR) is 59.2 cm³/mol. The van der Waals surface area contributed by atoms with Crippen LogP contribution in [-0.2, 0) is 11.2 Å². The van der Waals surface area contributed by atoms with Gasteiger partial charge in [-0.25, -0.2) is 4.39 Å². The fourth-order valence-electron chi connectivity index (χ4n) is 1.56. The number of ether oxygens (including phenoxy) is 1. The Bertz CT molecular complexity index is 299. The first kappa shape index (κ1) is 12.1. The summed E-state index contributed by atoms with van der Waals surface area (Å²) < 4.78 is 18.3. The molecular weight excluding hydrogens is 193 g/mol. The molecule has 1 unspecified atom stereocenters. The van der Waals surface area contributed by atoms with Gasteiger partial charge in [0.1, 0.15) is 5.82 Å². The van der Waals surface area contributed by atoms with Gasteiger partial charge in [0.2, 0.25) is 0 Å². The molecule has 0 aliphatic carbocycles. The zero-order chi connectivity index (χ0) is 11.3. The Morgan fingerprint density at radius 3 is 2.40 bits per heavy atom. The lowest BCUT2D eigenvalue weighted by Crippen LogP contribution is -2.39. The van der Waals surface area contributed by atoms with Crippen molar-refractivity contribution < 1.29 is 9.13 Å². The highest BCUT2D eigenvalue weighted by Crippen LogP contribution is 2.16. The lowest BCUT2D eigenvalue weighted by Gasteiger charge is -2.28. The molecule has 84 valence electrons. The average molecular weight is 211 g/mol. The molecule has 0 saturated carbocycles. The van der Waals surface area contributed by atoms with Crippen molar-refractivity contribution in [2.75, 3.05) is 13.2 Å². The normalized spacial score (nSPS) is 14.9. The van der Waals surface area contributed by atoms with Gasteiger partial charge >= 0.3 is 0 Å². The van der Waals surface area contributed by atoms with Crippen molar-refractivity contribution in [3.63, 3.8) is 0 Å². The third-order valence-electron chi connectivity index (χ3n) is 2.42. The molecule has 1 atom stereocenters. The molecular formula is C12H18FNO. The minimum absolute atomic E-state index is 0.218. The average Bonchev–Trinajstić information content (AvgIpc) is 2.22. The Morgan fingerprint density at radius 1 is 1.33 bits per heavy atom. The van der Waals surface area contributed by atoms with Crippen LogP contribution in [0.3, 0.4) is 0 Å². The molecule has 0 radical (unpaired) electrons. The van der Waals surface area contributed by atoms with Gasteiger partial charge in [-0.15, -0.1) is 0 Å². The molecule has 0 aliphatic heterocycles. The molecule has 0 amide bonds. The van der Waals surface area contributed by atoms with Crippen molar-refractivity contribution in [2.24, 2.45) is 5.73 Å². The van der Waals surface area contributed by atoms with Gasteiger partial charge in [-0.05, 0) is 31.5 Å². The third kappa shape index (κ3) is 3.61. The van der Waals surface area contributed by atoms with Crippen molar-refractivity contribution in [1.29, 1.82) is 0 Å². The molecule has 1 rings (SSSR count). The molecule has 2 N–H and O–H groups in total. The lowest BCUT2D eigenvalue weighted by atomic mass is 9.96. The molecule has 0 bridgehead atoms. The molecule has 2 nitrogen and oxygen atoms in total. The number of halogens is 1. The topological polar surface area (TPSA) is 35.2 Å². The minimum atomic E-state index is -0.355. The Balaban J connectivity index is 2.70. The second kappa shape index (κ2) is 5.24. The summed E-state index contributed by atoms with van der Waals surface area (Å²) in [5, 5.41) is 0. The summed E-state index contributed by atoms with van der Waals surface area (Å²) in [5.74, 6) is -0.218. The number of hydrogen-bond acceptors (Lipinski definition) is 2. The molecule has 0 aliphatic rings. The number of hydrogen-bond donors (Lipinski definition) is 1. The van der Waals surface area contributed by atoms with Crippen molar-refractivity contribution in [3.05, 3.63) is 35.6 Å². The monoisotopic (exact) mass is 211 g/mol. The van der Waals surface area contributed by atoms with Gasteiger partial charge in [0.05, 0.1) is 5.60 Å².